The number of nitrogens with zero attached hydrogens (tertiary/aromatic N) is 1. The normalized spacial score (nSPS) is 24.1. The van der Waals surface area contributed by atoms with Crippen molar-refractivity contribution in [2.24, 2.45) is 5.92 Å². The Morgan fingerprint density at radius 3 is 2.50 bits per heavy atom. The van der Waals surface area contributed by atoms with Crippen molar-refractivity contribution in [2.45, 2.75) is 25.9 Å². The van der Waals surface area contributed by atoms with E-state index < -0.39 is 12.0 Å². The molecule has 3 unspecified atom stereocenters. The number of carbonyl (C=O) groups excluding carboxylic acids is 2. The van der Waals surface area contributed by atoms with Crippen LogP contribution in [0.5, 0.6) is 0 Å². The maximum Gasteiger partial charge on any atom is 0.237 e. The Labute approximate surface area is 107 Å². The smallest absolute Gasteiger partial charge is 0.237 e. The fourth-order valence-corrected chi connectivity index (χ4v) is 2.41. The summed E-state index contributed by atoms with van der Waals surface area (Å²) in [4.78, 5) is 25.0. The first-order valence-electron chi connectivity index (χ1n) is 5.91. The average molecular weight is 241 g/mol. The van der Waals surface area contributed by atoms with Gasteiger partial charge in [0.15, 0.2) is 0 Å². The van der Waals surface area contributed by atoms with E-state index in [0.29, 0.717) is 0 Å². The van der Waals surface area contributed by atoms with Gasteiger partial charge in [-0.15, -0.1) is 6.42 Å². The molecule has 0 saturated carbocycles. The van der Waals surface area contributed by atoms with Crippen molar-refractivity contribution in [3.63, 3.8) is 0 Å². The fourth-order valence-electron chi connectivity index (χ4n) is 2.41. The monoisotopic (exact) mass is 241 g/mol. The number of ketones is 1. The van der Waals surface area contributed by atoms with Gasteiger partial charge in [0.25, 0.3) is 0 Å². The molecule has 0 bridgehead atoms. The second-order valence-electron chi connectivity index (χ2n) is 4.53. The van der Waals surface area contributed by atoms with Crippen molar-refractivity contribution in [1.82, 2.24) is 4.90 Å². The summed E-state index contributed by atoms with van der Waals surface area (Å²) in [6.07, 6.45) is 5.43. The Balaban J connectivity index is 2.23. The van der Waals surface area contributed by atoms with Crippen molar-refractivity contribution in [3.8, 4) is 12.3 Å². The van der Waals surface area contributed by atoms with E-state index in [0.717, 1.165) is 5.56 Å². The summed E-state index contributed by atoms with van der Waals surface area (Å²) in [6, 6.07) is 9.15. The highest BCUT2D eigenvalue weighted by molar-refractivity contribution is 6.06. The van der Waals surface area contributed by atoms with E-state index in [1.807, 2.05) is 37.3 Å². The molecule has 0 N–H and O–H groups in total. The van der Waals surface area contributed by atoms with E-state index in [4.69, 9.17) is 6.42 Å². The predicted molar refractivity (Wildman–Crippen MR) is 68.5 cm³/mol. The van der Waals surface area contributed by atoms with Gasteiger partial charge in [0.2, 0.25) is 5.91 Å². The molecule has 1 heterocycles. The van der Waals surface area contributed by atoms with Crippen LogP contribution in [0.1, 0.15) is 25.5 Å². The van der Waals surface area contributed by atoms with Crippen LogP contribution in [-0.4, -0.2) is 22.6 Å². The number of benzene rings is 1. The Hall–Kier alpha value is -2.08. The number of amides is 1. The lowest BCUT2D eigenvalue weighted by Crippen LogP contribution is -2.63. The van der Waals surface area contributed by atoms with Crippen LogP contribution in [0.3, 0.4) is 0 Å². The highest BCUT2D eigenvalue weighted by atomic mass is 16.2. The largest absolute Gasteiger partial charge is 0.320 e. The lowest BCUT2D eigenvalue weighted by Gasteiger charge is -2.46. The molecular formula is C15H15NO2. The summed E-state index contributed by atoms with van der Waals surface area (Å²) in [5.74, 6) is 1.58. The van der Waals surface area contributed by atoms with Crippen LogP contribution in [0.2, 0.25) is 0 Å². The predicted octanol–water partition coefficient (Wildman–Crippen LogP) is 1.80. The maximum atomic E-state index is 12.0. The van der Waals surface area contributed by atoms with Crippen LogP contribution in [0.15, 0.2) is 30.3 Å². The standard InChI is InChI=1S/C15H15NO2/c1-4-13-14(11(3)17)15(18)16(13)10(2)12-8-6-5-7-9-12/h1,5-10,13-14H,2-3H3. The Morgan fingerprint density at radius 2 is 2.00 bits per heavy atom. The SMILES string of the molecule is C#CC1C(C(C)=O)C(=O)N1C(C)c1ccccc1. The summed E-state index contributed by atoms with van der Waals surface area (Å²) in [7, 11) is 0. The highest BCUT2D eigenvalue weighted by Crippen LogP contribution is 2.35. The lowest BCUT2D eigenvalue weighted by molar-refractivity contribution is -0.160. The molecule has 0 aliphatic carbocycles. The molecule has 18 heavy (non-hydrogen) atoms. The van der Waals surface area contributed by atoms with E-state index in [9.17, 15) is 9.59 Å². The molecule has 3 atom stereocenters. The first-order chi connectivity index (χ1) is 8.57. The molecule has 92 valence electrons. The van der Waals surface area contributed by atoms with Gasteiger partial charge >= 0.3 is 0 Å². The van der Waals surface area contributed by atoms with Crippen molar-refractivity contribution < 1.29 is 9.59 Å². The molecule has 2 rings (SSSR count). The average Bonchev–Trinajstić information content (AvgIpc) is 2.36. The number of β-lactam (4-membered cyclic amide) rings is 1. The van der Waals surface area contributed by atoms with E-state index in [1.165, 1.54) is 6.92 Å². The first kappa shape index (κ1) is 12.4. The highest BCUT2D eigenvalue weighted by Gasteiger charge is 2.51. The number of likely N-dealkylation sites (tertiary alicyclic amines) is 1. The molecule has 0 aromatic heterocycles. The van der Waals surface area contributed by atoms with Crippen molar-refractivity contribution in [1.29, 1.82) is 0 Å². The van der Waals surface area contributed by atoms with Gasteiger partial charge < -0.3 is 4.90 Å². The number of terminal acetylenes is 1. The quantitative estimate of drug-likeness (QED) is 0.459. The molecule has 1 aliphatic rings. The van der Waals surface area contributed by atoms with Crippen LogP contribution in [0, 0.1) is 18.3 Å². The molecule has 1 fully saturated rings. The minimum absolute atomic E-state index is 0.102. The minimum atomic E-state index is -0.652. The summed E-state index contributed by atoms with van der Waals surface area (Å²) in [5, 5.41) is 0. The molecule has 1 aromatic rings. The zero-order valence-electron chi connectivity index (χ0n) is 10.5. The molecule has 1 saturated heterocycles. The second-order valence-corrected chi connectivity index (χ2v) is 4.53. The molecule has 1 aromatic carbocycles. The van der Waals surface area contributed by atoms with Crippen molar-refractivity contribution in [3.05, 3.63) is 35.9 Å². The topological polar surface area (TPSA) is 37.4 Å². The van der Waals surface area contributed by atoms with Crippen LogP contribution >= 0.6 is 0 Å². The Kier molecular flexibility index (Phi) is 3.20. The first-order valence-corrected chi connectivity index (χ1v) is 5.91. The van der Waals surface area contributed by atoms with E-state index in [1.54, 1.807) is 4.90 Å². The molecule has 3 nitrogen and oxygen atoms in total. The van der Waals surface area contributed by atoms with Gasteiger partial charge in [-0.3, -0.25) is 9.59 Å². The maximum absolute atomic E-state index is 12.0. The summed E-state index contributed by atoms with van der Waals surface area (Å²) in [5.41, 5.74) is 1.02. The van der Waals surface area contributed by atoms with E-state index in [2.05, 4.69) is 5.92 Å². The number of hydrogen-bond donors (Lipinski definition) is 0. The van der Waals surface area contributed by atoms with E-state index >= 15 is 0 Å². The number of hydrogen-bond acceptors (Lipinski definition) is 2. The zero-order valence-corrected chi connectivity index (χ0v) is 10.5. The molecule has 1 aliphatic heterocycles. The lowest BCUT2D eigenvalue weighted by atomic mass is 9.82. The fraction of sp³-hybridized carbons (Fsp3) is 0.333. The Morgan fingerprint density at radius 1 is 1.39 bits per heavy atom. The third-order valence-electron chi connectivity index (χ3n) is 3.44. The number of rotatable bonds is 3. The minimum Gasteiger partial charge on any atom is -0.320 e. The van der Waals surface area contributed by atoms with Crippen LogP contribution in [0.4, 0.5) is 0 Å². The third-order valence-corrected chi connectivity index (χ3v) is 3.44. The van der Waals surface area contributed by atoms with Gasteiger partial charge in [-0.2, -0.15) is 0 Å². The summed E-state index contributed by atoms with van der Waals surface area (Å²) < 4.78 is 0. The Bertz CT molecular complexity index is 515. The van der Waals surface area contributed by atoms with Gasteiger partial charge in [-0.1, -0.05) is 36.3 Å². The molecule has 1 amide bonds. The number of Topliss-reactive ketones (excluding diaryl/α,β-unsaturated/α-hetero) is 1. The van der Waals surface area contributed by atoms with E-state index in [-0.39, 0.29) is 17.7 Å². The molecule has 0 spiro atoms. The van der Waals surface area contributed by atoms with Gasteiger partial charge in [0, 0.05) is 0 Å². The number of carbonyl (C=O) groups is 2. The van der Waals surface area contributed by atoms with Crippen molar-refractivity contribution in [2.75, 3.05) is 0 Å². The van der Waals surface area contributed by atoms with Crippen LogP contribution < -0.4 is 0 Å². The summed E-state index contributed by atoms with van der Waals surface area (Å²) in [6.45, 7) is 3.34. The third kappa shape index (κ3) is 1.80. The molecule has 0 radical (unpaired) electrons. The molecular weight excluding hydrogens is 226 g/mol. The van der Waals surface area contributed by atoms with Gasteiger partial charge in [-0.25, -0.2) is 0 Å². The van der Waals surface area contributed by atoms with Crippen molar-refractivity contribution >= 4 is 11.7 Å². The molecule has 3 heteroatoms. The van der Waals surface area contributed by atoms with Gasteiger partial charge in [0.1, 0.15) is 17.7 Å². The van der Waals surface area contributed by atoms with Crippen LogP contribution in [0.25, 0.3) is 0 Å². The summed E-state index contributed by atoms with van der Waals surface area (Å²) >= 11 is 0. The second kappa shape index (κ2) is 4.66. The van der Waals surface area contributed by atoms with Gasteiger partial charge in [-0.05, 0) is 19.4 Å². The zero-order chi connectivity index (χ0) is 13.3. The van der Waals surface area contributed by atoms with Gasteiger partial charge in [0.05, 0.1) is 6.04 Å². The van der Waals surface area contributed by atoms with Crippen LogP contribution in [-0.2, 0) is 9.59 Å².